The van der Waals surface area contributed by atoms with Gasteiger partial charge < -0.3 is 20.3 Å². The molecule has 0 fully saturated rings. The van der Waals surface area contributed by atoms with Crippen molar-refractivity contribution in [3.05, 3.63) is 29.8 Å². The average Bonchev–Trinajstić information content (AvgIpc) is 2.45. The molecule has 6 nitrogen and oxygen atoms in total. The van der Waals surface area contributed by atoms with Gasteiger partial charge in [0.15, 0.2) is 5.60 Å². The van der Waals surface area contributed by atoms with Gasteiger partial charge in [-0.1, -0.05) is 19.1 Å². The summed E-state index contributed by atoms with van der Waals surface area (Å²) in [6.45, 7) is 2.56. The highest BCUT2D eigenvalue weighted by molar-refractivity contribution is 5.81. The van der Waals surface area contributed by atoms with E-state index in [0.717, 1.165) is 18.2 Å². The van der Waals surface area contributed by atoms with E-state index in [2.05, 4.69) is 5.32 Å². The summed E-state index contributed by atoms with van der Waals surface area (Å²) < 4.78 is 5.06. The molecule has 0 saturated carbocycles. The average molecular weight is 295 g/mol. The number of rotatable bonds is 7. The van der Waals surface area contributed by atoms with Gasteiger partial charge in [0.25, 0.3) is 0 Å². The van der Waals surface area contributed by atoms with Crippen LogP contribution in [0.2, 0.25) is 0 Å². The van der Waals surface area contributed by atoms with Crippen LogP contribution in [0.3, 0.4) is 0 Å². The highest BCUT2D eigenvalue weighted by Crippen LogP contribution is 2.15. The molecule has 3 N–H and O–H groups in total. The maximum atomic E-state index is 11.9. The van der Waals surface area contributed by atoms with Crippen LogP contribution in [0.4, 0.5) is 0 Å². The zero-order valence-electron chi connectivity index (χ0n) is 12.4. The van der Waals surface area contributed by atoms with Crippen LogP contribution < -0.4 is 10.1 Å². The number of carboxylic acid groups (broad SMARTS) is 1. The molecule has 116 valence electrons. The highest BCUT2D eigenvalue weighted by Gasteiger charge is 2.30. The first kappa shape index (κ1) is 17.0. The van der Waals surface area contributed by atoms with Crippen molar-refractivity contribution in [2.24, 2.45) is 5.92 Å². The molecular formula is C15H21NO5. The molecule has 0 aliphatic heterocycles. The number of methoxy groups -OCH3 is 1. The van der Waals surface area contributed by atoms with Crippen molar-refractivity contribution < 1.29 is 24.5 Å². The van der Waals surface area contributed by atoms with E-state index in [1.54, 1.807) is 14.0 Å². The van der Waals surface area contributed by atoms with Crippen LogP contribution in [0.25, 0.3) is 0 Å². The van der Waals surface area contributed by atoms with Gasteiger partial charge in [0.2, 0.25) is 5.91 Å². The maximum absolute atomic E-state index is 11.9. The predicted molar refractivity (Wildman–Crippen MR) is 77.1 cm³/mol. The van der Waals surface area contributed by atoms with Gasteiger partial charge in [-0.2, -0.15) is 0 Å². The molecule has 2 unspecified atom stereocenters. The number of carboxylic acids is 1. The lowest BCUT2D eigenvalue weighted by molar-refractivity contribution is -0.156. The fourth-order valence-corrected chi connectivity index (χ4v) is 1.72. The standard InChI is InChI=1S/C15H21NO5/c1-10(8-11-4-6-12(21-3)7-5-11)13(17)16-9-15(2,20)14(18)19/h4-7,10,20H,8-9H2,1-3H3,(H,16,17)(H,18,19). The molecule has 0 saturated heterocycles. The van der Waals surface area contributed by atoms with Gasteiger partial charge in [0, 0.05) is 5.92 Å². The van der Waals surface area contributed by atoms with Crippen LogP contribution in [-0.2, 0) is 16.0 Å². The molecule has 0 heterocycles. The summed E-state index contributed by atoms with van der Waals surface area (Å²) in [6, 6.07) is 7.37. The second kappa shape index (κ2) is 7.08. The normalized spacial score (nSPS) is 14.9. The number of hydrogen-bond donors (Lipinski definition) is 3. The molecule has 0 spiro atoms. The number of ether oxygens (including phenoxy) is 1. The number of carbonyl (C=O) groups excluding carboxylic acids is 1. The topological polar surface area (TPSA) is 95.9 Å². The van der Waals surface area contributed by atoms with Gasteiger partial charge in [-0.25, -0.2) is 4.79 Å². The molecule has 1 aromatic carbocycles. The van der Waals surface area contributed by atoms with Crippen LogP contribution in [0, 0.1) is 5.92 Å². The first-order valence-electron chi connectivity index (χ1n) is 6.62. The highest BCUT2D eigenvalue weighted by atomic mass is 16.5. The Morgan fingerprint density at radius 2 is 1.90 bits per heavy atom. The first-order valence-corrected chi connectivity index (χ1v) is 6.62. The summed E-state index contributed by atoms with van der Waals surface area (Å²) in [5, 5.41) is 20.8. The predicted octanol–water partition coefficient (Wildman–Crippen LogP) is 0.826. The van der Waals surface area contributed by atoms with Gasteiger partial charge in [-0.3, -0.25) is 4.79 Å². The summed E-state index contributed by atoms with van der Waals surface area (Å²) in [6.07, 6.45) is 0.519. The molecule has 0 aliphatic rings. The fraction of sp³-hybridized carbons (Fsp3) is 0.467. The lowest BCUT2D eigenvalue weighted by Crippen LogP contribution is -2.47. The third-order valence-electron chi connectivity index (χ3n) is 3.22. The Morgan fingerprint density at radius 3 is 2.38 bits per heavy atom. The van der Waals surface area contributed by atoms with Gasteiger partial charge in [0.1, 0.15) is 5.75 Å². The molecule has 21 heavy (non-hydrogen) atoms. The van der Waals surface area contributed by atoms with Crippen LogP contribution in [0.1, 0.15) is 19.4 Å². The van der Waals surface area contributed by atoms with E-state index < -0.39 is 11.6 Å². The SMILES string of the molecule is COc1ccc(CC(C)C(=O)NCC(C)(O)C(=O)O)cc1. The number of amides is 1. The Kier molecular flexibility index (Phi) is 5.72. The molecule has 2 atom stereocenters. The molecule has 1 amide bonds. The minimum Gasteiger partial charge on any atom is -0.497 e. The monoisotopic (exact) mass is 295 g/mol. The van der Waals surface area contributed by atoms with Crippen molar-refractivity contribution in [1.82, 2.24) is 5.32 Å². The molecule has 1 rings (SSSR count). The van der Waals surface area contributed by atoms with Crippen molar-refractivity contribution in [1.29, 1.82) is 0 Å². The summed E-state index contributed by atoms with van der Waals surface area (Å²) in [5.41, 5.74) is -0.987. The van der Waals surface area contributed by atoms with E-state index in [1.165, 1.54) is 0 Å². The number of carbonyl (C=O) groups is 2. The van der Waals surface area contributed by atoms with E-state index in [0.29, 0.717) is 6.42 Å². The van der Waals surface area contributed by atoms with Crippen molar-refractivity contribution in [2.75, 3.05) is 13.7 Å². The molecule has 0 bridgehead atoms. The molecular weight excluding hydrogens is 274 g/mol. The minimum absolute atomic E-state index is 0.299. The van der Waals surface area contributed by atoms with Crippen molar-refractivity contribution in [3.8, 4) is 5.75 Å². The number of nitrogens with one attached hydrogen (secondary N) is 1. The maximum Gasteiger partial charge on any atom is 0.337 e. The smallest absolute Gasteiger partial charge is 0.337 e. The second-order valence-corrected chi connectivity index (χ2v) is 5.25. The summed E-state index contributed by atoms with van der Waals surface area (Å²) in [4.78, 5) is 22.6. The van der Waals surface area contributed by atoms with E-state index >= 15 is 0 Å². The molecule has 0 aromatic heterocycles. The second-order valence-electron chi connectivity index (χ2n) is 5.25. The summed E-state index contributed by atoms with van der Waals surface area (Å²) >= 11 is 0. The largest absolute Gasteiger partial charge is 0.497 e. The first-order chi connectivity index (χ1) is 9.76. The Hall–Kier alpha value is -2.08. The zero-order chi connectivity index (χ0) is 16.0. The Balaban J connectivity index is 2.52. The number of aliphatic hydroxyl groups is 1. The third kappa shape index (κ3) is 5.07. The lowest BCUT2D eigenvalue weighted by atomic mass is 9.99. The molecule has 0 radical (unpaired) electrons. The van der Waals surface area contributed by atoms with Crippen molar-refractivity contribution in [3.63, 3.8) is 0 Å². The lowest BCUT2D eigenvalue weighted by Gasteiger charge is -2.20. The van der Waals surface area contributed by atoms with Crippen LogP contribution in [0.5, 0.6) is 5.75 Å². The van der Waals surface area contributed by atoms with Crippen LogP contribution in [0.15, 0.2) is 24.3 Å². The third-order valence-corrected chi connectivity index (χ3v) is 3.22. The number of aliphatic carboxylic acids is 1. The summed E-state index contributed by atoms with van der Waals surface area (Å²) in [7, 11) is 1.58. The number of hydrogen-bond acceptors (Lipinski definition) is 4. The minimum atomic E-state index is -1.96. The van der Waals surface area contributed by atoms with Gasteiger partial charge in [-0.15, -0.1) is 0 Å². The van der Waals surface area contributed by atoms with Crippen molar-refractivity contribution in [2.45, 2.75) is 25.9 Å². The van der Waals surface area contributed by atoms with E-state index in [-0.39, 0.29) is 18.4 Å². The van der Waals surface area contributed by atoms with Crippen LogP contribution in [-0.4, -0.2) is 41.3 Å². The van der Waals surface area contributed by atoms with Gasteiger partial charge in [-0.05, 0) is 31.0 Å². The quantitative estimate of drug-likeness (QED) is 0.692. The van der Waals surface area contributed by atoms with E-state index in [4.69, 9.17) is 9.84 Å². The van der Waals surface area contributed by atoms with Crippen LogP contribution >= 0.6 is 0 Å². The fourth-order valence-electron chi connectivity index (χ4n) is 1.72. The Bertz CT molecular complexity index is 495. The number of benzene rings is 1. The van der Waals surface area contributed by atoms with E-state index in [9.17, 15) is 14.7 Å². The Morgan fingerprint density at radius 1 is 1.33 bits per heavy atom. The Labute approximate surface area is 123 Å². The van der Waals surface area contributed by atoms with Gasteiger partial charge in [0.05, 0.1) is 13.7 Å². The molecule has 0 aliphatic carbocycles. The van der Waals surface area contributed by atoms with Crippen molar-refractivity contribution >= 4 is 11.9 Å². The molecule has 1 aromatic rings. The van der Waals surface area contributed by atoms with E-state index in [1.807, 2.05) is 24.3 Å². The summed E-state index contributed by atoms with van der Waals surface area (Å²) in [5.74, 6) is -1.26. The zero-order valence-corrected chi connectivity index (χ0v) is 12.4. The van der Waals surface area contributed by atoms with Gasteiger partial charge >= 0.3 is 5.97 Å². The molecule has 6 heteroatoms.